The SMILES string of the molecule is COCCOCCOc1ccccc1[Se+](c1ccccc1OCCOCCOC)c1ccccc1OCCOCCOC.Fc1c(F)c(Cl)c(Cl)c([B-](c2c(F)c(F)c(F)c(Cl)c2Cl)(c2c(F)c(F)c(F)c(Cl)c2Cl)c2c(F)c(F)c(F)c(Cl)c2Cl)c1F. The number of benzene rings is 7. The number of hydrogen-bond donors (Lipinski definition) is 0. The summed E-state index contributed by atoms with van der Waals surface area (Å²) in [5, 5.41) is -13.9. The van der Waals surface area contributed by atoms with Crippen molar-refractivity contribution in [3.63, 3.8) is 0 Å². The zero-order valence-electron chi connectivity index (χ0n) is 45.6. The predicted molar refractivity (Wildman–Crippen MR) is 318 cm³/mol. The van der Waals surface area contributed by atoms with Crippen LogP contribution in [0.2, 0.25) is 40.2 Å². The van der Waals surface area contributed by atoms with Crippen molar-refractivity contribution in [1.82, 2.24) is 0 Å². The van der Waals surface area contributed by atoms with E-state index in [4.69, 9.17) is 135 Å². The summed E-state index contributed by atoms with van der Waals surface area (Å²) in [4.78, 5) is 0. The fourth-order valence-electron chi connectivity index (χ4n) is 8.81. The van der Waals surface area contributed by atoms with Crippen molar-refractivity contribution in [1.29, 1.82) is 0 Å². The zero-order valence-corrected chi connectivity index (χ0v) is 53.4. The summed E-state index contributed by atoms with van der Waals surface area (Å²) in [5.74, 6) is -28.8. The fourth-order valence-corrected chi connectivity index (χ4v) is 15.8. The molecule has 31 heteroatoms. The molecule has 0 aliphatic carbocycles. The molecule has 0 aliphatic heterocycles. The van der Waals surface area contributed by atoms with Crippen LogP contribution in [0, 0.1) is 69.8 Å². The second-order valence-electron chi connectivity index (χ2n) is 17.8. The van der Waals surface area contributed by atoms with E-state index >= 15 is 35.1 Å². The largest absolute Gasteiger partial charge is 0.207 e. The smallest absolute Gasteiger partial charge is 0.192 e. The maximum atomic E-state index is 16.0. The summed E-state index contributed by atoms with van der Waals surface area (Å²) < 4.78 is 237. The molecule has 0 saturated heterocycles. The van der Waals surface area contributed by atoms with Crippen molar-refractivity contribution in [3.05, 3.63) is 183 Å². The molecule has 7 rings (SSSR count). The average Bonchev–Trinajstić information content (AvgIpc) is 0.687. The van der Waals surface area contributed by atoms with Crippen molar-refractivity contribution in [2.75, 3.05) is 101 Å². The molecule has 0 aliphatic rings. The number of para-hydroxylation sites is 3. The van der Waals surface area contributed by atoms with Crippen LogP contribution in [0.15, 0.2) is 72.8 Å². The average molecular weight is 1480 g/mol. The quantitative estimate of drug-likeness (QED) is 0.0157. The molecule has 0 fully saturated rings. The molecule has 88 heavy (non-hydrogen) atoms. The molecule has 0 heterocycles. The van der Waals surface area contributed by atoms with Crippen molar-refractivity contribution >= 4 is 148 Å². The standard InChI is InChI=1S/C33H45O9Se.C24BCl8F12/c1-34-16-19-37-22-25-40-28-10-4-7-13-31(28)43(32-14-8-5-11-29(32)41-26-23-38-20-17-35-2)33-15-9-6-12-30(33)42-27-24-39-21-18-36-3;26-5-1(13(34)21(42)17(38)9(5)30)25(2-6(27)10(31)18(39)22(43)14(2)35,3-7(28)11(32)19(40)23(44)15(3)36)4-8(29)12(33)20(41)24(45)16(4)37/h4-15H,16-27H2,1-3H3;/q+1;-1. The minimum Gasteiger partial charge on any atom is -0.207 e. The van der Waals surface area contributed by atoms with Gasteiger partial charge in [-0.3, -0.25) is 0 Å². The van der Waals surface area contributed by atoms with Crippen LogP contribution in [0.3, 0.4) is 0 Å². The van der Waals surface area contributed by atoms with Gasteiger partial charge in [-0.1, -0.05) is 92.8 Å². The van der Waals surface area contributed by atoms with E-state index in [1.807, 2.05) is 54.6 Å². The van der Waals surface area contributed by atoms with Gasteiger partial charge >= 0.3 is 261 Å². The Morgan fingerprint density at radius 3 is 0.727 bits per heavy atom. The Labute approximate surface area is 540 Å². The number of methoxy groups -OCH3 is 3. The molecule has 0 spiro atoms. The molecule has 7 aromatic carbocycles. The third kappa shape index (κ3) is 15.6. The second kappa shape index (κ2) is 33.9. The number of hydrogen-bond acceptors (Lipinski definition) is 9. The first-order valence-electron chi connectivity index (χ1n) is 25.3. The molecule has 0 atom stereocenters. The van der Waals surface area contributed by atoms with E-state index in [1.54, 1.807) is 21.3 Å². The first-order valence-corrected chi connectivity index (χ1v) is 30.9. The Hall–Kier alpha value is -4.24. The van der Waals surface area contributed by atoms with Crippen LogP contribution in [0.1, 0.15) is 0 Å². The summed E-state index contributed by atoms with van der Waals surface area (Å²) in [5.41, 5.74) is -8.47. The molecule has 0 radical (unpaired) electrons. The van der Waals surface area contributed by atoms with Gasteiger partial charge in [-0.05, 0) is 0 Å². The molecule has 0 aromatic heterocycles. The Balaban J connectivity index is 0.000000281. The van der Waals surface area contributed by atoms with Crippen LogP contribution < -0.4 is 49.4 Å². The van der Waals surface area contributed by atoms with Gasteiger partial charge in [0.15, 0.2) is 46.5 Å². The summed E-state index contributed by atoms with van der Waals surface area (Å²) in [7, 11) is 4.98. The maximum absolute atomic E-state index is 16.0. The third-order valence-corrected chi connectivity index (χ3v) is 20.9. The van der Waals surface area contributed by atoms with Gasteiger partial charge in [0, 0.05) is 20.1 Å². The van der Waals surface area contributed by atoms with E-state index in [9.17, 15) is 17.6 Å². The maximum Gasteiger partial charge on any atom is 0.192 e. The van der Waals surface area contributed by atoms with Crippen molar-refractivity contribution in [2.45, 2.75) is 0 Å². The van der Waals surface area contributed by atoms with Crippen molar-refractivity contribution in [2.24, 2.45) is 0 Å². The fraction of sp³-hybridized carbons (Fsp3) is 0.263. The minimum absolute atomic E-state index is 0.424. The van der Waals surface area contributed by atoms with E-state index in [0.29, 0.717) is 79.3 Å². The van der Waals surface area contributed by atoms with Gasteiger partial charge in [0.25, 0.3) is 0 Å². The molecule has 476 valence electrons. The summed E-state index contributed by atoms with van der Waals surface area (Å²) >= 11 is 44.6. The van der Waals surface area contributed by atoms with Crippen LogP contribution in [0.5, 0.6) is 17.2 Å². The van der Waals surface area contributed by atoms with Gasteiger partial charge < -0.3 is 0 Å². The molecular weight excluding hydrogens is 1430 g/mol. The van der Waals surface area contributed by atoms with E-state index in [-0.39, 0.29) is 0 Å². The van der Waals surface area contributed by atoms with E-state index in [2.05, 4.69) is 18.2 Å². The van der Waals surface area contributed by atoms with Crippen molar-refractivity contribution < 1.29 is 95.3 Å². The van der Waals surface area contributed by atoms with E-state index in [0.717, 1.165) is 30.6 Å². The Morgan fingerprint density at radius 1 is 0.284 bits per heavy atom. The summed E-state index contributed by atoms with van der Waals surface area (Å²) in [6, 6.07) is 24.6. The van der Waals surface area contributed by atoms with Crippen LogP contribution in [0.4, 0.5) is 52.7 Å². The van der Waals surface area contributed by atoms with Crippen LogP contribution in [-0.4, -0.2) is 121 Å². The zero-order chi connectivity index (χ0) is 64.7. The molecule has 7 aromatic rings. The molecular formula is C57H45BCl8F12O9Se. The third-order valence-electron chi connectivity index (χ3n) is 12.7. The Kier molecular flexibility index (Phi) is 28.1. The van der Waals surface area contributed by atoms with Crippen molar-refractivity contribution in [3.8, 4) is 17.2 Å². The Morgan fingerprint density at radius 2 is 0.500 bits per heavy atom. The summed E-state index contributed by atoms with van der Waals surface area (Å²) in [6.07, 6.45) is -5.62. The normalized spacial score (nSPS) is 11.6. The van der Waals surface area contributed by atoms with E-state index < -0.39 is 152 Å². The minimum atomic E-state index is -5.62. The van der Waals surface area contributed by atoms with E-state index in [1.165, 1.54) is 0 Å². The molecule has 0 unspecified atom stereocenters. The van der Waals surface area contributed by atoms with Gasteiger partial charge in [-0.2, -0.15) is 0 Å². The van der Waals surface area contributed by atoms with Gasteiger partial charge in [-0.25, -0.2) is 52.7 Å². The second-order valence-corrected chi connectivity index (χ2v) is 24.9. The first-order chi connectivity index (χ1) is 42.0. The predicted octanol–water partition coefficient (Wildman–Crippen LogP) is 12.3. The molecule has 0 N–H and O–H groups in total. The van der Waals surface area contributed by atoms with Crippen LogP contribution in [-0.2, 0) is 28.4 Å². The van der Waals surface area contributed by atoms with Gasteiger partial charge in [0.1, 0.15) is 29.4 Å². The first kappa shape index (κ1) is 72.8. The van der Waals surface area contributed by atoms with Crippen LogP contribution in [0.25, 0.3) is 0 Å². The molecule has 0 bridgehead atoms. The molecule has 9 nitrogen and oxygen atoms in total. The monoisotopic (exact) mass is 1470 g/mol. The number of halogens is 20. The van der Waals surface area contributed by atoms with Gasteiger partial charge in [-0.15, -0.1) is 21.9 Å². The van der Waals surface area contributed by atoms with Gasteiger partial charge in [0.2, 0.25) is 0 Å². The Bertz CT molecular complexity index is 3070. The topological polar surface area (TPSA) is 83.1 Å². The molecule has 0 saturated carbocycles. The van der Waals surface area contributed by atoms with Crippen LogP contribution >= 0.6 is 92.8 Å². The number of rotatable bonds is 28. The number of ether oxygens (including phenoxy) is 9. The molecule has 0 amide bonds. The van der Waals surface area contributed by atoms with Gasteiger partial charge in [0.05, 0.1) is 20.1 Å². The summed E-state index contributed by atoms with van der Waals surface area (Å²) in [6.45, 7) is 5.89.